The van der Waals surface area contributed by atoms with Crippen LogP contribution in [0.25, 0.3) is 5.69 Å². The number of benzene rings is 1. The van der Waals surface area contributed by atoms with Crippen molar-refractivity contribution in [2.75, 3.05) is 13.6 Å². The quantitative estimate of drug-likeness (QED) is 0.768. The lowest BCUT2D eigenvalue weighted by Crippen LogP contribution is -2.42. The van der Waals surface area contributed by atoms with E-state index < -0.39 is 6.03 Å². The SMILES string of the molecule is CNC(=O)NC(=O)CNC(C)c1ccc(-n2cccn2)cc1. The number of imide groups is 1. The molecule has 0 aliphatic heterocycles. The maximum Gasteiger partial charge on any atom is 0.321 e. The van der Waals surface area contributed by atoms with Gasteiger partial charge in [-0.05, 0) is 30.7 Å². The minimum Gasteiger partial charge on any atom is -0.341 e. The number of amides is 3. The molecule has 1 aromatic carbocycles. The van der Waals surface area contributed by atoms with Crippen molar-refractivity contribution in [2.24, 2.45) is 0 Å². The largest absolute Gasteiger partial charge is 0.341 e. The van der Waals surface area contributed by atoms with Gasteiger partial charge in [-0.25, -0.2) is 9.48 Å². The van der Waals surface area contributed by atoms with Crippen LogP contribution in [-0.2, 0) is 4.79 Å². The molecule has 2 aromatic rings. The van der Waals surface area contributed by atoms with E-state index in [0.717, 1.165) is 11.3 Å². The van der Waals surface area contributed by atoms with Gasteiger partial charge in [-0.2, -0.15) is 5.10 Å². The lowest BCUT2D eigenvalue weighted by molar-refractivity contribution is -0.119. The molecule has 0 aliphatic rings. The molecule has 22 heavy (non-hydrogen) atoms. The number of nitrogens with one attached hydrogen (secondary N) is 3. The number of rotatable bonds is 5. The van der Waals surface area contributed by atoms with Crippen LogP contribution in [0.5, 0.6) is 0 Å². The highest BCUT2D eigenvalue weighted by Crippen LogP contribution is 2.15. The Morgan fingerprint density at radius 1 is 1.27 bits per heavy atom. The molecule has 0 saturated carbocycles. The number of carbonyl (C=O) groups excluding carboxylic acids is 2. The Balaban J connectivity index is 1.89. The molecule has 3 amide bonds. The van der Waals surface area contributed by atoms with Gasteiger partial charge in [0, 0.05) is 25.5 Å². The van der Waals surface area contributed by atoms with Crippen LogP contribution in [0.1, 0.15) is 18.5 Å². The molecule has 7 heteroatoms. The highest BCUT2D eigenvalue weighted by molar-refractivity contribution is 5.95. The number of nitrogens with zero attached hydrogens (tertiary/aromatic N) is 2. The summed E-state index contributed by atoms with van der Waals surface area (Å²) in [5.41, 5.74) is 2.02. The van der Waals surface area contributed by atoms with E-state index in [1.54, 1.807) is 10.9 Å². The first-order valence-corrected chi connectivity index (χ1v) is 6.95. The molecule has 2 rings (SSSR count). The zero-order valence-corrected chi connectivity index (χ0v) is 12.5. The summed E-state index contributed by atoms with van der Waals surface area (Å²) < 4.78 is 1.78. The summed E-state index contributed by atoms with van der Waals surface area (Å²) in [6.45, 7) is 2.02. The predicted molar refractivity (Wildman–Crippen MR) is 82.6 cm³/mol. The van der Waals surface area contributed by atoms with E-state index in [4.69, 9.17) is 0 Å². The number of hydrogen-bond donors (Lipinski definition) is 3. The number of carbonyl (C=O) groups is 2. The van der Waals surface area contributed by atoms with Gasteiger partial charge in [0.05, 0.1) is 12.2 Å². The van der Waals surface area contributed by atoms with Crippen LogP contribution in [-0.4, -0.2) is 35.3 Å². The van der Waals surface area contributed by atoms with Gasteiger partial charge in [0.25, 0.3) is 0 Å². The fraction of sp³-hybridized carbons (Fsp3) is 0.267. The second kappa shape index (κ2) is 7.37. The van der Waals surface area contributed by atoms with Crippen molar-refractivity contribution < 1.29 is 9.59 Å². The van der Waals surface area contributed by atoms with Gasteiger partial charge in [0.2, 0.25) is 5.91 Å². The Morgan fingerprint density at radius 2 is 2.00 bits per heavy atom. The fourth-order valence-electron chi connectivity index (χ4n) is 1.93. The molecule has 0 aliphatic carbocycles. The van der Waals surface area contributed by atoms with Gasteiger partial charge in [-0.3, -0.25) is 10.1 Å². The van der Waals surface area contributed by atoms with Gasteiger partial charge in [-0.15, -0.1) is 0 Å². The van der Waals surface area contributed by atoms with Gasteiger partial charge in [0.15, 0.2) is 0 Å². The van der Waals surface area contributed by atoms with Crippen LogP contribution in [0.3, 0.4) is 0 Å². The van der Waals surface area contributed by atoms with Crippen LogP contribution in [0, 0.1) is 0 Å². The third-order valence-corrected chi connectivity index (χ3v) is 3.21. The third kappa shape index (κ3) is 4.16. The predicted octanol–water partition coefficient (Wildman–Crippen LogP) is 0.978. The highest BCUT2D eigenvalue weighted by atomic mass is 16.2. The number of urea groups is 1. The Bertz CT molecular complexity index is 622. The molecule has 0 fully saturated rings. The van der Waals surface area contributed by atoms with Crippen LogP contribution in [0.15, 0.2) is 42.7 Å². The number of hydrogen-bond acceptors (Lipinski definition) is 4. The topological polar surface area (TPSA) is 88.0 Å². The zero-order valence-electron chi connectivity index (χ0n) is 12.5. The average molecular weight is 301 g/mol. The summed E-state index contributed by atoms with van der Waals surface area (Å²) in [5, 5.41) is 11.8. The van der Waals surface area contributed by atoms with E-state index in [-0.39, 0.29) is 18.5 Å². The Hall–Kier alpha value is -2.67. The van der Waals surface area contributed by atoms with E-state index in [1.807, 2.05) is 43.5 Å². The second-order valence-electron chi connectivity index (χ2n) is 4.77. The molecular weight excluding hydrogens is 282 g/mol. The maximum absolute atomic E-state index is 11.5. The molecule has 0 bridgehead atoms. The standard InChI is InChI=1S/C15H19N5O2/c1-11(17-10-14(21)19-15(22)16-2)12-4-6-13(7-5-12)20-9-3-8-18-20/h3-9,11,17H,10H2,1-2H3,(H2,16,19,21,22). The molecule has 3 N–H and O–H groups in total. The second-order valence-corrected chi connectivity index (χ2v) is 4.77. The minimum absolute atomic E-state index is 0.0119. The Labute approximate surface area is 128 Å². The van der Waals surface area contributed by atoms with Crippen molar-refractivity contribution in [3.63, 3.8) is 0 Å². The van der Waals surface area contributed by atoms with Crippen LogP contribution in [0.2, 0.25) is 0 Å². The third-order valence-electron chi connectivity index (χ3n) is 3.21. The van der Waals surface area contributed by atoms with Gasteiger partial charge >= 0.3 is 6.03 Å². The average Bonchev–Trinajstić information content (AvgIpc) is 3.07. The van der Waals surface area contributed by atoms with Crippen molar-refractivity contribution in [1.82, 2.24) is 25.7 Å². The van der Waals surface area contributed by atoms with E-state index in [2.05, 4.69) is 21.0 Å². The summed E-state index contributed by atoms with van der Waals surface area (Å²) >= 11 is 0. The van der Waals surface area contributed by atoms with Crippen LogP contribution >= 0.6 is 0 Å². The summed E-state index contributed by atoms with van der Waals surface area (Å²) in [5.74, 6) is -0.376. The lowest BCUT2D eigenvalue weighted by atomic mass is 10.1. The zero-order chi connectivity index (χ0) is 15.9. The summed E-state index contributed by atoms with van der Waals surface area (Å²) in [6, 6.07) is 9.22. The Morgan fingerprint density at radius 3 is 2.59 bits per heavy atom. The smallest absolute Gasteiger partial charge is 0.321 e. The minimum atomic E-state index is -0.511. The van der Waals surface area contributed by atoms with Crippen molar-refractivity contribution in [3.8, 4) is 5.69 Å². The first kappa shape index (κ1) is 15.7. The molecular formula is C15H19N5O2. The van der Waals surface area contributed by atoms with Crippen molar-refractivity contribution in [2.45, 2.75) is 13.0 Å². The highest BCUT2D eigenvalue weighted by Gasteiger charge is 2.09. The summed E-state index contributed by atoms with van der Waals surface area (Å²) in [6.07, 6.45) is 3.60. The molecule has 1 atom stereocenters. The summed E-state index contributed by atoms with van der Waals surface area (Å²) in [7, 11) is 1.46. The van der Waals surface area contributed by atoms with Gasteiger partial charge in [0.1, 0.15) is 0 Å². The molecule has 1 heterocycles. The summed E-state index contributed by atoms with van der Waals surface area (Å²) in [4.78, 5) is 22.5. The lowest BCUT2D eigenvalue weighted by Gasteiger charge is -2.14. The maximum atomic E-state index is 11.5. The Kier molecular flexibility index (Phi) is 5.26. The number of aromatic nitrogens is 2. The van der Waals surface area contributed by atoms with Crippen LogP contribution < -0.4 is 16.0 Å². The van der Waals surface area contributed by atoms with Crippen molar-refractivity contribution in [1.29, 1.82) is 0 Å². The fourth-order valence-corrected chi connectivity index (χ4v) is 1.93. The van der Waals surface area contributed by atoms with Crippen LogP contribution in [0.4, 0.5) is 4.79 Å². The van der Waals surface area contributed by atoms with Crippen molar-refractivity contribution >= 4 is 11.9 Å². The van der Waals surface area contributed by atoms with Gasteiger partial charge in [-0.1, -0.05) is 12.1 Å². The molecule has 0 saturated heterocycles. The van der Waals surface area contributed by atoms with E-state index >= 15 is 0 Å². The molecule has 1 unspecified atom stereocenters. The first-order chi connectivity index (χ1) is 10.6. The normalized spacial score (nSPS) is 11.7. The molecule has 116 valence electrons. The molecule has 0 spiro atoms. The monoisotopic (exact) mass is 301 g/mol. The molecule has 7 nitrogen and oxygen atoms in total. The van der Waals surface area contributed by atoms with E-state index in [1.165, 1.54) is 7.05 Å². The molecule has 1 aromatic heterocycles. The van der Waals surface area contributed by atoms with E-state index in [0.29, 0.717) is 0 Å². The first-order valence-electron chi connectivity index (χ1n) is 6.95. The van der Waals surface area contributed by atoms with Gasteiger partial charge < -0.3 is 10.6 Å². The van der Waals surface area contributed by atoms with Crippen molar-refractivity contribution in [3.05, 3.63) is 48.3 Å². The van der Waals surface area contributed by atoms with E-state index in [9.17, 15) is 9.59 Å². The molecule has 0 radical (unpaired) electrons.